The van der Waals surface area contributed by atoms with Crippen LogP contribution in [0.2, 0.25) is 0 Å². The topological polar surface area (TPSA) is 67.9 Å². The molecule has 0 aliphatic carbocycles. The smallest absolute Gasteiger partial charge is 0.202 e. The van der Waals surface area contributed by atoms with Crippen molar-refractivity contribution in [3.05, 3.63) is 66.6 Å². The Hall–Kier alpha value is -3.06. The number of ether oxygens (including phenoxy) is 1. The van der Waals surface area contributed by atoms with Crippen LogP contribution in [0.15, 0.2) is 70.8 Å². The summed E-state index contributed by atoms with van der Waals surface area (Å²) in [4.78, 5) is 11.6. The number of nitrogens with zero attached hydrogens (tertiary/aromatic N) is 2. The Bertz CT molecular complexity index is 1090. The molecular formula is C19H14FN3O2S. The van der Waals surface area contributed by atoms with Crippen LogP contribution >= 0.6 is 0 Å². The number of hydrogen-bond donors (Lipinski definition) is 1. The van der Waals surface area contributed by atoms with Gasteiger partial charge in [-0.2, -0.15) is 0 Å². The Labute approximate surface area is 151 Å². The Kier molecular flexibility index (Phi) is 4.22. The average molecular weight is 367 g/mol. The second-order valence-electron chi connectivity index (χ2n) is 5.53. The third kappa shape index (κ3) is 2.86. The van der Waals surface area contributed by atoms with E-state index < -0.39 is 16.6 Å². The van der Waals surface area contributed by atoms with Crippen molar-refractivity contribution >= 4 is 21.8 Å². The van der Waals surface area contributed by atoms with Gasteiger partial charge in [-0.15, -0.1) is 0 Å². The van der Waals surface area contributed by atoms with Crippen LogP contribution in [0.3, 0.4) is 0 Å². The van der Waals surface area contributed by atoms with Gasteiger partial charge in [-0.25, -0.2) is 13.6 Å². The van der Waals surface area contributed by atoms with Crippen LogP contribution in [0.1, 0.15) is 0 Å². The monoisotopic (exact) mass is 367 g/mol. The first kappa shape index (κ1) is 16.4. The van der Waals surface area contributed by atoms with Crippen LogP contribution in [0.25, 0.3) is 22.3 Å². The standard InChI is InChI=1S/C19H14FN3O2S/c1-25-12-9-10-21-17(11-12)13-5-4-6-14(20)18(13)26(24)19-22-15-7-2-3-8-16(15)23-19/h2-11H,1H3,(H,22,23). The number of rotatable bonds is 4. The van der Waals surface area contributed by atoms with E-state index in [0.29, 0.717) is 22.5 Å². The number of hydrogen-bond acceptors (Lipinski definition) is 4. The van der Waals surface area contributed by atoms with Crippen molar-refractivity contribution < 1.29 is 13.3 Å². The largest absolute Gasteiger partial charge is 0.497 e. The summed E-state index contributed by atoms with van der Waals surface area (Å²) < 4.78 is 32.9. The number of aromatic nitrogens is 3. The van der Waals surface area contributed by atoms with Crippen molar-refractivity contribution in [2.45, 2.75) is 10.1 Å². The zero-order chi connectivity index (χ0) is 18.1. The van der Waals surface area contributed by atoms with E-state index in [4.69, 9.17) is 4.74 Å². The van der Waals surface area contributed by atoms with E-state index in [9.17, 15) is 8.60 Å². The molecule has 0 saturated heterocycles. The summed E-state index contributed by atoms with van der Waals surface area (Å²) in [7, 11) is -0.294. The zero-order valence-electron chi connectivity index (χ0n) is 13.8. The minimum atomic E-state index is -1.83. The lowest BCUT2D eigenvalue weighted by atomic mass is 10.1. The van der Waals surface area contributed by atoms with Crippen molar-refractivity contribution in [1.82, 2.24) is 15.0 Å². The Morgan fingerprint density at radius 2 is 1.96 bits per heavy atom. The van der Waals surface area contributed by atoms with Crippen molar-refractivity contribution in [2.75, 3.05) is 7.11 Å². The fourth-order valence-corrected chi connectivity index (χ4v) is 3.89. The van der Waals surface area contributed by atoms with Crippen LogP contribution in [-0.2, 0) is 10.8 Å². The summed E-state index contributed by atoms with van der Waals surface area (Å²) >= 11 is 0. The molecule has 1 N–H and O–H groups in total. The molecule has 0 bridgehead atoms. The second kappa shape index (κ2) is 6.68. The summed E-state index contributed by atoms with van der Waals surface area (Å²) in [6.45, 7) is 0. The van der Waals surface area contributed by atoms with Gasteiger partial charge in [0.25, 0.3) is 0 Å². The molecule has 0 aliphatic rings. The van der Waals surface area contributed by atoms with Crippen LogP contribution in [0.5, 0.6) is 5.75 Å². The quantitative estimate of drug-likeness (QED) is 0.593. The molecule has 130 valence electrons. The molecule has 4 rings (SSSR count). The molecule has 2 heterocycles. The Balaban J connectivity index is 1.86. The molecule has 0 saturated carbocycles. The number of pyridine rings is 1. The van der Waals surface area contributed by atoms with Gasteiger partial charge in [0.2, 0.25) is 5.16 Å². The lowest BCUT2D eigenvalue weighted by Crippen LogP contribution is -2.02. The molecule has 2 aromatic carbocycles. The van der Waals surface area contributed by atoms with Crippen LogP contribution in [0, 0.1) is 5.82 Å². The lowest BCUT2D eigenvalue weighted by molar-refractivity contribution is 0.414. The molecular weight excluding hydrogens is 353 g/mol. The first-order chi connectivity index (χ1) is 12.7. The van der Waals surface area contributed by atoms with Crippen LogP contribution < -0.4 is 4.74 Å². The third-order valence-corrected chi connectivity index (χ3v) is 5.27. The van der Waals surface area contributed by atoms with E-state index in [1.807, 2.05) is 18.2 Å². The van der Waals surface area contributed by atoms with Gasteiger partial charge in [0.05, 0.1) is 28.7 Å². The van der Waals surface area contributed by atoms with Crippen LogP contribution in [0.4, 0.5) is 4.39 Å². The zero-order valence-corrected chi connectivity index (χ0v) is 14.6. The summed E-state index contributed by atoms with van der Waals surface area (Å²) in [5.41, 5.74) is 2.33. The van der Waals surface area contributed by atoms with E-state index in [1.54, 1.807) is 36.5 Å². The van der Waals surface area contributed by atoms with E-state index in [-0.39, 0.29) is 10.1 Å². The molecule has 4 aromatic rings. The average Bonchev–Trinajstić information content (AvgIpc) is 3.11. The minimum absolute atomic E-state index is 0.0345. The van der Waals surface area contributed by atoms with E-state index in [0.717, 1.165) is 5.52 Å². The number of benzene rings is 2. The van der Waals surface area contributed by atoms with Gasteiger partial charge in [-0.1, -0.05) is 24.3 Å². The summed E-state index contributed by atoms with van der Waals surface area (Å²) in [6.07, 6.45) is 1.56. The van der Waals surface area contributed by atoms with Crippen molar-refractivity contribution in [3.63, 3.8) is 0 Å². The molecule has 1 atom stereocenters. The van der Waals surface area contributed by atoms with Gasteiger partial charge in [-0.05, 0) is 24.3 Å². The summed E-state index contributed by atoms with van der Waals surface area (Å²) in [5.74, 6) is 0.00522. The number of nitrogens with one attached hydrogen (secondary N) is 1. The molecule has 0 radical (unpaired) electrons. The molecule has 0 fully saturated rings. The summed E-state index contributed by atoms with van der Waals surface area (Å²) in [5, 5.41) is 0.195. The molecule has 0 aliphatic heterocycles. The van der Waals surface area contributed by atoms with Gasteiger partial charge >= 0.3 is 0 Å². The maximum Gasteiger partial charge on any atom is 0.202 e. The normalized spacial score (nSPS) is 12.2. The van der Waals surface area contributed by atoms with Crippen LogP contribution in [-0.4, -0.2) is 26.3 Å². The van der Waals surface area contributed by atoms with Gasteiger partial charge in [0.1, 0.15) is 22.4 Å². The van der Waals surface area contributed by atoms with Gasteiger partial charge in [0.15, 0.2) is 0 Å². The molecule has 0 amide bonds. The van der Waals surface area contributed by atoms with E-state index in [2.05, 4.69) is 15.0 Å². The lowest BCUT2D eigenvalue weighted by Gasteiger charge is -2.09. The highest BCUT2D eigenvalue weighted by Gasteiger charge is 2.21. The Morgan fingerprint density at radius 3 is 2.77 bits per heavy atom. The molecule has 0 spiro atoms. The fraction of sp³-hybridized carbons (Fsp3) is 0.0526. The fourth-order valence-electron chi connectivity index (χ4n) is 2.70. The predicted octanol–water partition coefficient (Wildman–Crippen LogP) is 3.94. The highest BCUT2D eigenvalue weighted by molar-refractivity contribution is 7.85. The number of methoxy groups -OCH3 is 1. The highest BCUT2D eigenvalue weighted by atomic mass is 32.2. The maximum atomic E-state index is 14.6. The van der Waals surface area contributed by atoms with E-state index >= 15 is 0 Å². The molecule has 26 heavy (non-hydrogen) atoms. The number of aromatic amines is 1. The predicted molar refractivity (Wildman–Crippen MR) is 97.0 cm³/mol. The van der Waals surface area contributed by atoms with Gasteiger partial charge < -0.3 is 9.72 Å². The molecule has 7 heteroatoms. The Morgan fingerprint density at radius 1 is 1.12 bits per heavy atom. The first-order valence-electron chi connectivity index (χ1n) is 7.83. The number of H-pyrrole nitrogens is 1. The molecule has 5 nitrogen and oxygen atoms in total. The van der Waals surface area contributed by atoms with Crippen molar-refractivity contribution in [2.24, 2.45) is 0 Å². The minimum Gasteiger partial charge on any atom is -0.497 e. The number of para-hydroxylation sites is 2. The molecule has 2 aromatic heterocycles. The number of halogens is 1. The van der Waals surface area contributed by atoms with Gasteiger partial charge in [0, 0.05) is 17.8 Å². The maximum absolute atomic E-state index is 14.6. The number of imidazole rings is 1. The molecule has 1 unspecified atom stereocenters. The van der Waals surface area contributed by atoms with E-state index in [1.165, 1.54) is 13.2 Å². The summed E-state index contributed by atoms with van der Waals surface area (Å²) in [6, 6.07) is 15.2. The SMILES string of the molecule is COc1ccnc(-c2cccc(F)c2S(=O)c2nc3ccccc3[nH]2)c1. The van der Waals surface area contributed by atoms with Gasteiger partial charge in [-0.3, -0.25) is 4.98 Å². The second-order valence-corrected chi connectivity index (χ2v) is 6.86. The first-order valence-corrected chi connectivity index (χ1v) is 8.98. The highest BCUT2D eigenvalue weighted by Crippen LogP contribution is 2.31. The van der Waals surface area contributed by atoms with Crippen molar-refractivity contribution in [3.8, 4) is 17.0 Å². The van der Waals surface area contributed by atoms with Crippen molar-refractivity contribution in [1.29, 1.82) is 0 Å². The number of fused-ring (bicyclic) bond motifs is 1. The third-order valence-electron chi connectivity index (χ3n) is 3.94.